The Balaban J connectivity index is 1.69. The van der Waals surface area contributed by atoms with Gasteiger partial charge in [-0.2, -0.15) is 0 Å². The van der Waals surface area contributed by atoms with E-state index in [1.165, 1.54) is 96.3 Å². The predicted molar refractivity (Wildman–Crippen MR) is 148 cm³/mol. The summed E-state index contributed by atoms with van der Waals surface area (Å²) in [6.07, 6.45) is 23.7. The Morgan fingerprint density at radius 2 is 1.55 bits per heavy atom. The Morgan fingerprint density at radius 1 is 0.788 bits per heavy atom. The third-order valence-electron chi connectivity index (χ3n) is 12.2. The largest absolute Gasteiger partial charge is 0.0654 e. The van der Waals surface area contributed by atoms with Gasteiger partial charge in [0, 0.05) is 0 Å². The highest BCUT2D eigenvalue weighted by atomic mass is 14.6. The molecule has 0 aliphatic heterocycles. The van der Waals surface area contributed by atoms with E-state index in [2.05, 4.69) is 55.4 Å². The molecule has 3 aliphatic carbocycles. The fourth-order valence-corrected chi connectivity index (χ4v) is 9.72. The predicted octanol–water partition coefficient (Wildman–Crippen LogP) is 11.1. The highest BCUT2D eigenvalue weighted by Crippen LogP contribution is 2.66. The minimum Gasteiger partial charge on any atom is -0.0654 e. The number of hydrogen-bond acceptors (Lipinski definition) is 0. The second-order valence-electron chi connectivity index (χ2n) is 14.6. The molecule has 0 radical (unpaired) electrons. The van der Waals surface area contributed by atoms with Gasteiger partial charge in [-0.3, -0.25) is 0 Å². The lowest BCUT2D eigenvalue weighted by atomic mass is 9.45. The monoisotopic (exact) mass is 458 g/mol. The summed E-state index contributed by atoms with van der Waals surface area (Å²) in [4.78, 5) is 0. The van der Waals surface area contributed by atoms with Crippen LogP contribution in [0.15, 0.2) is 0 Å². The zero-order valence-corrected chi connectivity index (χ0v) is 24.3. The molecule has 8 atom stereocenters. The van der Waals surface area contributed by atoms with Crippen molar-refractivity contribution in [3.63, 3.8) is 0 Å². The van der Waals surface area contributed by atoms with E-state index in [1.54, 1.807) is 6.42 Å². The van der Waals surface area contributed by atoms with Crippen molar-refractivity contribution in [2.45, 2.75) is 158 Å². The van der Waals surface area contributed by atoms with Gasteiger partial charge >= 0.3 is 0 Å². The molecule has 194 valence electrons. The van der Waals surface area contributed by atoms with Crippen molar-refractivity contribution in [2.75, 3.05) is 0 Å². The summed E-state index contributed by atoms with van der Waals surface area (Å²) >= 11 is 0. The average molecular weight is 459 g/mol. The van der Waals surface area contributed by atoms with E-state index >= 15 is 0 Å². The van der Waals surface area contributed by atoms with Gasteiger partial charge in [0.1, 0.15) is 0 Å². The minimum absolute atomic E-state index is 0.567. The molecule has 0 N–H and O–H groups in total. The van der Waals surface area contributed by atoms with Gasteiger partial charge < -0.3 is 0 Å². The van der Waals surface area contributed by atoms with Crippen LogP contribution < -0.4 is 0 Å². The maximum atomic E-state index is 2.77. The lowest BCUT2D eigenvalue weighted by Crippen LogP contribution is -2.51. The molecule has 0 aromatic heterocycles. The normalized spacial score (nSPS) is 42.5. The third-order valence-corrected chi connectivity index (χ3v) is 12.2. The summed E-state index contributed by atoms with van der Waals surface area (Å²) in [5.74, 6) is 5.78. The lowest BCUT2D eigenvalue weighted by molar-refractivity contribution is -0.0993. The topological polar surface area (TPSA) is 0 Å². The van der Waals surface area contributed by atoms with Gasteiger partial charge in [0.2, 0.25) is 0 Å². The number of hydrogen-bond donors (Lipinski definition) is 0. The molecule has 3 saturated carbocycles. The second-order valence-corrected chi connectivity index (χ2v) is 14.6. The molecule has 0 bridgehead atoms. The van der Waals surface area contributed by atoms with E-state index < -0.39 is 0 Å². The lowest BCUT2D eigenvalue weighted by Gasteiger charge is -2.60. The smallest absolute Gasteiger partial charge is 0.0243 e. The molecule has 0 saturated heterocycles. The van der Waals surface area contributed by atoms with Crippen molar-refractivity contribution in [1.82, 2.24) is 0 Å². The fraction of sp³-hybridized carbons (Fsp3) is 1.00. The first kappa shape index (κ1) is 27.6. The zero-order chi connectivity index (χ0) is 24.3. The molecule has 0 spiro atoms. The van der Waals surface area contributed by atoms with E-state index in [0.717, 1.165) is 35.5 Å². The van der Waals surface area contributed by atoms with Gasteiger partial charge in [-0.1, -0.05) is 100 Å². The molecule has 3 rings (SSSR count). The Kier molecular flexibility index (Phi) is 9.51. The summed E-state index contributed by atoms with van der Waals surface area (Å²) < 4.78 is 0. The van der Waals surface area contributed by atoms with E-state index in [1.807, 2.05) is 0 Å². The highest BCUT2D eigenvalue weighted by Gasteiger charge is 2.57. The standard InChI is InChI=1S/C33H62/c1-9-11-12-13-27-18-22-33(8,31(6,24-27)20-10-2)29-19-21-32(7)28(23-29)16-17-30(32)26(5)15-14-25(3)4/h25-30H,9-24H2,1-8H3/t26?,27?,28?,29?,30?,31-,32+,33?/m0/s1. The van der Waals surface area contributed by atoms with Crippen LogP contribution in [0.5, 0.6) is 0 Å². The summed E-state index contributed by atoms with van der Waals surface area (Å²) in [5.41, 5.74) is 1.78. The first-order valence-electron chi connectivity index (χ1n) is 15.6. The zero-order valence-electron chi connectivity index (χ0n) is 24.3. The van der Waals surface area contributed by atoms with Crippen LogP contribution in [0, 0.1) is 51.8 Å². The van der Waals surface area contributed by atoms with Crippen LogP contribution in [0.3, 0.4) is 0 Å². The van der Waals surface area contributed by atoms with Crippen molar-refractivity contribution >= 4 is 0 Å². The SMILES string of the molecule is CCCCCC1CCC(C)(C2CC[C@]3(C)C(CCC3C(C)CCC(C)C)C2)[C@@](C)(CCC)C1. The molecule has 0 aromatic carbocycles. The van der Waals surface area contributed by atoms with Gasteiger partial charge in [0.15, 0.2) is 0 Å². The Labute approximate surface area is 209 Å². The molecule has 3 aliphatic rings. The summed E-state index contributed by atoms with van der Waals surface area (Å²) in [6.45, 7) is 20.5. The van der Waals surface area contributed by atoms with Crippen molar-refractivity contribution in [2.24, 2.45) is 51.8 Å². The Hall–Kier alpha value is 0. The Bertz CT molecular complexity index is 591. The van der Waals surface area contributed by atoms with Crippen molar-refractivity contribution in [3.8, 4) is 0 Å². The first-order valence-corrected chi connectivity index (χ1v) is 15.6. The molecule has 0 heteroatoms. The number of rotatable bonds is 11. The molecule has 33 heavy (non-hydrogen) atoms. The quantitative estimate of drug-likeness (QED) is 0.270. The second kappa shape index (κ2) is 11.4. The number of unbranched alkanes of at least 4 members (excludes halogenated alkanes) is 2. The molecule has 0 amide bonds. The molecule has 0 heterocycles. The maximum absolute atomic E-state index is 2.77. The number of fused-ring (bicyclic) bond motifs is 1. The molecular formula is C33H62. The molecule has 0 aromatic rings. The average Bonchev–Trinajstić information content (AvgIpc) is 3.11. The third kappa shape index (κ3) is 5.71. The summed E-state index contributed by atoms with van der Waals surface area (Å²) in [7, 11) is 0. The molecular weight excluding hydrogens is 396 g/mol. The molecule has 3 fully saturated rings. The van der Waals surface area contributed by atoms with Gasteiger partial charge in [0.05, 0.1) is 0 Å². The summed E-state index contributed by atoms with van der Waals surface area (Å²) in [6, 6.07) is 0. The van der Waals surface area contributed by atoms with E-state index in [9.17, 15) is 0 Å². The van der Waals surface area contributed by atoms with Crippen molar-refractivity contribution < 1.29 is 0 Å². The van der Waals surface area contributed by atoms with Gasteiger partial charge in [-0.15, -0.1) is 0 Å². The van der Waals surface area contributed by atoms with Crippen molar-refractivity contribution in [1.29, 1.82) is 0 Å². The van der Waals surface area contributed by atoms with Gasteiger partial charge in [-0.25, -0.2) is 0 Å². The minimum atomic E-state index is 0.567. The highest BCUT2D eigenvalue weighted by molar-refractivity contribution is 5.07. The van der Waals surface area contributed by atoms with Crippen LogP contribution >= 0.6 is 0 Å². The van der Waals surface area contributed by atoms with E-state index in [4.69, 9.17) is 0 Å². The van der Waals surface area contributed by atoms with Crippen molar-refractivity contribution in [3.05, 3.63) is 0 Å². The first-order chi connectivity index (χ1) is 15.6. The van der Waals surface area contributed by atoms with Crippen LogP contribution in [0.1, 0.15) is 158 Å². The van der Waals surface area contributed by atoms with E-state index in [-0.39, 0.29) is 0 Å². The Morgan fingerprint density at radius 3 is 2.21 bits per heavy atom. The fourth-order valence-electron chi connectivity index (χ4n) is 9.72. The van der Waals surface area contributed by atoms with Crippen LogP contribution in [-0.4, -0.2) is 0 Å². The molecule has 0 nitrogen and oxygen atoms in total. The van der Waals surface area contributed by atoms with Gasteiger partial charge in [0.25, 0.3) is 0 Å². The van der Waals surface area contributed by atoms with Crippen LogP contribution in [-0.2, 0) is 0 Å². The van der Waals surface area contributed by atoms with E-state index in [0.29, 0.717) is 16.2 Å². The van der Waals surface area contributed by atoms with Gasteiger partial charge in [-0.05, 0) is 110 Å². The van der Waals surface area contributed by atoms with Crippen LogP contribution in [0.25, 0.3) is 0 Å². The van der Waals surface area contributed by atoms with Crippen LogP contribution in [0.4, 0.5) is 0 Å². The summed E-state index contributed by atoms with van der Waals surface area (Å²) in [5, 5.41) is 0. The van der Waals surface area contributed by atoms with Crippen LogP contribution in [0.2, 0.25) is 0 Å². The maximum Gasteiger partial charge on any atom is -0.0243 e. The molecule has 6 unspecified atom stereocenters.